The minimum atomic E-state index is 0.0959. The predicted molar refractivity (Wildman–Crippen MR) is 69.3 cm³/mol. The maximum atomic E-state index is 8.69. The molecule has 1 aliphatic rings. The molecular formula is C14H23NO3. The number of piperidine rings is 1. The standard InChI is InChI=1S/C14H23NO3/c1-12-4-5-15(6-9-17-10-7-16)13(11-12)14-3-2-8-18-14/h2-3,8,12-13,16H,4-7,9-11H2,1H3. The number of furan rings is 1. The molecule has 1 N–H and O–H groups in total. The second kappa shape index (κ2) is 6.92. The Morgan fingerprint density at radius 3 is 3.11 bits per heavy atom. The van der Waals surface area contributed by atoms with Crippen LogP contribution < -0.4 is 0 Å². The molecule has 1 fully saturated rings. The molecule has 0 saturated carbocycles. The van der Waals surface area contributed by atoms with E-state index in [1.807, 2.05) is 6.07 Å². The Morgan fingerprint density at radius 1 is 1.50 bits per heavy atom. The Kier molecular flexibility index (Phi) is 5.23. The molecule has 2 heterocycles. The summed E-state index contributed by atoms with van der Waals surface area (Å²) in [7, 11) is 0. The van der Waals surface area contributed by atoms with Gasteiger partial charge in [-0.15, -0.1) is 0 Å². The van der Waals surface area contributed by atoms with Crippen LogP contribution in [0.15, 0.2) is 22.8 Å². The lowest BCUT2D eigenvalue weighted by molar-refractivity contribution is 0.0397. The molecule has 4 heteroatoms. The molecular weight excluding hydrogens is 230 g/mol. The van der Waals surface area contributed by atoms with Crippen molar-refractivity contribution >= 4 is 0 Å². The fraction of sp³-hybridized carbons (Fsp3) is 0.714. The third kappa shape index (κ3) is 3.57. The highest BCUT2D eigenvalue weighted by molar-refractivity contribution is 5.06. The number of likely N-dealkylation sites (tertiary alicyclic amines) is 1. The average Bonchev–Trinajstić information content (AvgIpc) is 2.90. The highest BCUT2D eigenvalue weighted by Gasteiger charge is 2.28. The van der Waals surface area contributed by atoms with Gasteiger partial charge in [-0.1, -0.05) is 6.92 Å². The maximum absolute atomic E-state index is 8.69. The lowest BCUT2D eigenvalue weighted by Gasteiger charge is -2.37. The van der Waals surface area contributed by atoms with Crippen molar-refractivity contribution in [3.63, 3.8) is 0 Å². The summed E-state index contributed by atoms with van der Waals surface area (Å²) in [4.78, 5) is 2.43. The summed E-state index contributed by atoms with van der Waals surface area (Å²) in [5, 5.41) is 8.69. The largest absolute Gasteiger partial charge is 0.468 e. The molecule has 0 aromatic carbocycles. The summed E-state index contributed by atoms with van der Waals surface area (Å²) < 4.78 is 10.9. The zero-order valence-electron chi connectivity index (χ0n) is 11.0. The van der Waals surface area contributed by atoms with Crippen LogP contribution >= 0.6 is 0 Å². The van der Waals surface area contributed by atoms with Crippen LogP contribution in [-0.4, -0.2) is 42.9 Å². The minimum Gasteiger partial charge on any atom is -0.468 e. The van der Waals surface area contributed by atoms with E-state index in [9.17, 15) is 0 Å². The normalized spacial score (nSPS) is 25.4. The van der Waals surface area contributed by atoms with Gasteiger partial charge in [-0.3, -0.25) is 4.90 Å². The van der Waals surface area contributed by atoms with E-state index >= 15 is 0 Å². The van der Waals surface area contributed by atoms with Gasteiger partial charge in [-0.05, 0) is 37.4 Å². The third-order valence-corrected chi connectivity index (χ3v) is 3.61. The number of rotatable bonds is 6. The summed E-state index contributed by atoms with van der Waals surface area (Å²) in [6, 6.07) is 4.39. The molecule has 0 radical (unpaired) electrons. The molecule has 1 aliphatic heterocycles. The van der Waals surface area contributed by atoms with Gasteiger partial charge < -0.3 is 14.3 Å². The van der Waals surface area contributed by atoms with Gasteiger partial charge in [0, 0.05) is 6.54 Å². The van der Waals surface area contributed by atoms with Crippen molar-refractivity contribution in [2.75, 3.05) is 32.9 Å². The summed E-state index contributed by atoms with van der Waals surface area (Å²) in [6.07, 6.45) is 4.12. The van der Waals surface area contributed by atoms with Gasteiger partial charge >= 0.3 is 0 Å². The van der Waals surface area contributed by atoms with Crippen LogP contribution in [0.1, 0.15) is 31.6 Å². The molecule has 1 aromatic rings. The van der Waals surface area contributed by atoms with Crippen LogP contribution in [0.25, 0.3) is 0 Å². The van der Waals surface area contributed by atoms with Crippen molar-refractivity contribution in [1.29, 1.82) is 0 Å². The molecule has 2 rings (SSSR count). The smallest absolute Gasteiger partial charge is 0.120 e. The highest BCUT2D eigenvalue weighted by atomic mass is 16.5. The first-order valence-electron chi connectivity index (χ1n) is 6.77. The van der Waals surface area contributed by atoms with Crippen LogP contribution in [0.4, 0.5) is 0 Å². The molecule has 1 saturated heterocycles. The SMILES string of the molecule is CC1CCN(CCOCCO)C(c2ccco2)C1. The minimum absolute atomic E-state index is 0.0959. The Labute approximate surface area is 109 Å². The van der Waals surface area contributed by atoms with Gasteiger partial charge in [0.1, 0.15) is 5.76 Å². The fourth-order valence-corrected chi connectivity index (χ4v) is 2.58. The molecule has 4 nitrogen and oxygen atoms in total. The Morgan fingerprint density at radius 2 is 2.39 bits per heavy atom. The first-order valence-corrected chi connectivity index (χ1v) is 6.77. The van der Waals surface area contributed by atoms with Gasteiger partial charge in [0.25, 0.3) is 0 Å². The third-order valence-electron chi connectivity index (χ3n) is 3.61. The first-order chi connectivity index (χ1) is 8.81. The van der Waals surface area contributed by atoms with E-state index in [0.29, 0.717) is 19.3 Å². The van der Waals surface area contributed by atoms with Gasteiger partial charge in [-0.25, -0.2) is 0 Å². The van der Waals surface area contributed by atoms with E-state index in [1.165, 1.54) is 6.42 Å². The van der Waals surface area contributed by atoms with Crippen LogP contribution in [0, 0.1) is 5.92 Å². The lowest BCUT2D eigenvalue weighted by atomic mass is 9.91. The maximum Gasteiger partial charge on any atom is 0.120 e. The molecule has 0 spiro atoms. The number of ether oxygens (including phenoxy) is 1. The number of aliphatic hydroxyl groups excluding tert-OH is 1. The van der Waals surface area contributed by atoms with Crippen molar-refractivity contribution in [3.8, 4) is 0 Å². The summed E-state index contributed by atoms with van der Waals surface area (Å²) in [5.74, 6) is 1.80. The van der Waals surface area contributed by atoms with Crippen molar-refractivity contribution in [2.45, 2.75) is 25.8 Å². The number of nitrogens with zero attached hydrogens (tertiary/aromatic N) is 1. The van der Waals surface area contributed by atoms with Crippen LogP contribution in [-0.2, 0) is 4.74 Å². The van der Waals surface area contributed by atoms with E-state index in [0.717, 1.165) is 31.2 Å². The Hall–Kier alpha value is -0.840. The quantitative estimate of drug-likeness (QED) is 0.788. The van der Waals surface area contributed by atoms with E-state index in [1.54, 1.807) is 6.26 Å². The fourth-order valence-electron chi connectivity index (χ4n) is 2.58. The monoisotopic (exact) mass is 253 g/mol. The van der Waals surface area contributed by atoms with Crippen LogP contribution in [0.5, 0.6) is 0 Å². The average molecular weight is 253 g/mol. The topological polar surface area (TPSA) is 45.8 Å². The summed E-state index contributed by atoms with van der Waals surface area (Å²) >= 11 is 0. The second-order valence-corrected chi connectivity index (χ2v) is 5.03. The Bertz CT molecular complexity index is 326. The van der Waals surface area contributed by atoms with Gasteiger partial charge in [0.15, 0.2) is 0 Å². The van der Waals surface area contributed by atoms with E-state index in [-0.39, 0.29) is 6.61 Å². The van der Waals surface area contributed by atoms with Crippen molar-refractivity contribution in [3.05, 3.63) is 24.2 Å². The number of hydrogen-bond donors (Lipinski definition) is 1. The molecule has 2 atom stereocenters. The predicted octanol–water partition coefficient (Wildman–Crippen LogP) is 2.06. The molecule has 18 heavy (non-hydrogen) atoms. The zero-order chi connectivity index (χ0) is 12.8. The van der Waals surface area contributed by atoms with Gasteiger partial charge in [0.2, 0.25) is 0 Å². The van der Waals surface area contributed by atoms with Gasteiger partial charge in [0.05, 0.1) is 32.1 Å². The first kappa shape index (κ1) is 13.6. The highest BCUT2D eigenvalue weighted by Crippen LogP contribution is 2.33. The Balaban J connectivity index is 1.89. The van der Waals surface area contributed by atoms with Crippen LogP contribution in [0.2, 0.25) is 0 Å². The molecule has 2 unspecified atom stereocenters. The second-order valence-electron chi connectivity index (χ2n) is 5.03. The van der Waals surface area contributed by atoms with Crippen molar-refractivity contribution < 1.29 is 14.3 Å². The lowest BCUT2D eigenvalue weighted by Crippen LogP contribution is -2.38. The summed E-state index contributed by atoms with van der Waals surface area (Å²) in [5.41, 5.74) is 0. The van der Waals surface area contributed by atoms with Gasteiger partial charge in [-0.2, -0.15) is 0 Å². The van der Waals surface area contributed by atoms with Crippen molar-refractivity contribution in [1.82, 2.24) is 4.90 Å². The van der Waals surface area contributed by atoms with Crippen molar-refractivity contribution in [2.24, 2.45) is 5.92 Å². The number of hydrogen-bond acceptors (Lipinski definition) is 4. The molecule has 0 bridgehead atoms. The molecule has 0 amide bonds. The van der Waals surface area contributed by atoms with E-state index < -0.39 is 0 Å². The van der Waals surface area contributed by atoms with Crippen LogP contribution in [0.3, 0.4) is 0 Å². The summed E-state index contributed by atoms with van der Waals surface area (Å²) in [6.45, 7) is 5.49. The molecule has 1 aromatic heterocycles. The molecule has 102 valence electrons. The van der Waals surface area contributed by atoms with E-state index in [2.05, 4.69) is 17.9 Å². The zero-order valence-corrected chi connectivity index (χ0v) is 11.0. The van der Waals surface area contributed by atoms with E-state index in [4.69, 9.17) is 14.3 Å². The number of aliphatic hydroxyl groups is 1. The molecule has 0 aliphatic carbocycles.